The van der Waals surface area contributed by atoms with E-state index >= 15 is 0 Å². The maximum absolute atomic E-state index is 13.1. The zero-order valence-corrected chi connectivity index (χ0v) is 16.8. The summed E-state index contributed by atoms with van der Waals surface area (Å²) < 4.78 is 6.21. The predicted molar refractivity (Wildman–Crippen MR) is 111 cm³/mol. The number of benzene rings is 2. The summed E-state index contributed by atoms with van der Waals surface area (Å²) >= 11 is 6.11. The average molecular weight is 399 g/mol. The molecule has 0 fully saturated rings. The lowest BCUT2D eigenvalue weighted by atomic mass is 10.1. The van der Waals surface area contributed by atoms with Crippen molar-refractivity contribution in [3.63, 3.8) is 0 Å². The van der Waals surface area contributed by atoms with Crippen molar-refractivity contribution in [1.82, 2.24) is 9.47 Å². The van der Waals surface area contributed by atoms with Crippen molar-refractivity contribution in [3.05, 3.63) is 81.1 Å². The third-order valence-corrected chi connectivity index (χ3v) is 4.97. The Kier molecular flexibility index (Phi) is 6.49. The fraction of sp³-hybridized carbons (Fsp3) is 0.273. The molecule has 6 heteroatoms. The van der Waals surface area contributed by atoms with E-state index in [4.69, 9.17) is 16.3 Å². The Bertz CT molecular complexity index is 1030. The second-order valence-electron chi connectivity index (χ2n) is 6.63. The first-order valence-corrected chi connectivity index (χ1v) is 9.54. The Hall–Kier alpha value is -2.63. The molecule has 3 aromatic rings. The zero-order chi connectivity index (χ0) is 20.1. The molecule has 28 heavy (non-hydrogen) atoms. The largest absolute Gasteiger partial charge is 0.468 e. The van der Waals surface area contributed by atoms with E-state index < -0.39 is 5.97 Å². The Labute approximate surface area is 169 Å². The first-order chi connectivity index (χ1) is 13.5. The van der Waals surface area contributed by atoms with Crippen molar-refractivity contribution in [2.75, 3.05) is 13.7 Å². The van der Waals surface area contributed by atoms with E-state index in [-0.39, 0.29) is 12.1 Å². The maximum atomic E-state index is 13.1. The molecule has 2 aromatic carbocycles. The average Bonchev–Trinajstić information content (AvgIpc) is 2.71. The summed E-state index contributed by atoms with van der Waals surface area (Å²) in [6, 6.07) is 17.4. The van der Waals surface area contributed by atoms with Gasteiger partial charge in [-0.1, -0.05) is 54.9 Å². The molecule has 0 saturated heterocycles. The molecule has 1 heterocycles. The number of hydrogen-bond acceptors (Lipinski definition) is 4. The molecule has 3 rings (SSSR count). The van der Waals surface area contributed by atoms with Crippen molar-refractivity contribution >= 4 is 28.5 Å². The topological polar surface area (TPSA) is 51.5 Å². The zero-order valence-electron chi connectivity index (χ0n) is 16.0. The Morgan fingerprint density at radius 2 is 1.86 bits per heavy atom. The van der Waals surface area contributed by atoms with Crippen LogP contribution in [0.3, 0.4) is 0 Å². The van der Waals surface area contributed by atoms with E-state index in [1.54, 1.807) is 12.1 Å². The minimum atomic E-state index is -0.475. The van der Waals surface area contributed by atoms with Crippen LogP contribution in [0.1, 0.15) is 18.1 Å². The molecule has 146 valence electrons. The van der Waals surface area contributed by atoms with Gasteiger partial charge in [-0.05, 0) is 35.7 Å². The van der Waals surface area contributed by atoms with Crippen LogP contribution >= 0.6 is 11.6 Å². The van der Waals surface area contributed by atoms with Gasteiger partial charge in [0, 0.05) is 23.7 Å². The van der Waals surface area contributed by atoms with Gasteiger partial charge in [0.05, 0.1) is 12.6 Å². The van der Waals surface area contributed by atoms with Crippen LogP contribution in [0, 0.1) is 0 Å². The minimum Gasteiger partial charge on any atom is -0.468 e. The third kappa shape index (κ3) is 4.61. The van der Waals surface area contributed by atoms with Gasteiger partial charge >= 0.3 is 5.97 Å². The Morgan fingerprint density at radius 1 is 1.11 bits per heavy atom. The predicted octanol–water partition coefficient (Wildman–Crippen LogP) is 3.85. The SMILES string of the molecule is CCN(Cc1ccccc1)Cc1cc2ccc(Cl)cc2n(CC(=O)OC)c1=O. The van der Waals surface area contributed by atoms with Gasteiger partial charge in [0.1, 0.15) is 6.54 Å². The molecule has 0 unspecified atom stereocenters. The van der Waals surface area contributed by atoms with Gasteiger partial charge in [0.2, 0.25) is 0 Å². The van der Waals surface area contributed by atoms with Gasteiger partial charge in [-0.3, -0.25) is 19.1 Å². The number of halogens is 1. The maximum Gasteiger partial charge on any atom is 0.325 e. The first kappa shape index (κ1) is 20.1. The molecule has 0 saturated carbocycles. The number of esters is 1. The van der Waals surface area contributed by atoms with E-state index in [0.29, 0.717) is 22.6 Å². The van der Waals surface area contributed by atoms with Crippen molar-refractivity contribution in [1.29, 1.82) is 0 Å². The summed E-state index contributed by atoms with van der Waals surface area (Å²) in [5.74, 6) is -0.475. The van der Waals surface area contributed by atoms with Crippen LogP contribution in [-0.2, 0) is 29.2 Å². The van der Waals surface area contributed by atoms with Gasteiger partial charge in [0.15, 0.2) is 0 Å². The monoisotopic (exact) mass is 398 g/mol. The highest BCUT2D eigenvalue weighted by Crippen LogP contribution is 2.20. The fourth-order valence-corrected chi connectivity index (χ4v) is 3.40. The van der Waals surface area contributed by atoms with Gasteiger partial charge in [-0.25, -0.2) is 0 Å². The highest BCUT2D eigenvalue weighted by molar-refractivity contribution is 6.31. The van der Waals surface area contributed by atoms with Crippen LogP contribution in [0.5, 0.6) is 0 Å². The van der Waals surface area contributed by atoms with Crippen LogP contribution in [-0.4, -0.2) is 29.1 Å². The summed E-state index contributed by atoms with van der Waals surface area (Å²) in [7, 11) is 1.31. The fourth-order valence-electron chi connectivity index (χ4n) is 3.23. The third-order valence-electron chi connectivity index (χ3n) is 4.74. The number of pyridine rings is 1. The van der Waals surface area contributed by atoms with Crippen LogP contribution in [0.2, 0.25) is 5.02 Å². The summed E-state index contributed by atoms with van der Waals surface area (Å²) in [4.78, 5) is 27.2. The number of carbonyl (C=O) groups excluding carboxylic acids is 1. The van der Waals surface area contributed by atoms with Crippen molar-refractivity contribution < 1.29 is 9.53 Å². The normalized spacial score (nSPS) is 11.1. The molecule has 0 N–H and O–H groups in total. The van der Waals surface area contributed by atoms with E-state index in [1.807, 2.05) is 30.3 Å². The number of fused-ring (bicyclic) bond motifs is 1. The highest BCUT2D eigenvalue weighted by Gasteiger charge is 2.15. The van der Waals surface area contributed by atoms with E-state index in [2.05, 4.69) is 24.0 Å². The smallest absolute Gasteiger partial charge is 0.325 e. The molecular weight excluding hydrogens is 376 g/mol. The van der Waals surface area contributed by atoms with Crippen molar-refractivity contribution in [3.8, 4) is 0 Å². The molecule has 0 spiro atoms. The van der Waals surface area contributed by atoms with Crippen molar-refractivity contribution in [2.24, 2.45) is 0 Å². The molecular formula is C22H23ClN2O3. The van der Waals surface area contributed by atoms with Crippen LogP contribution in [0.15, 0.2) is 59.4 Å². The lowest BCUT2D eigenvalue weighted by Crippen LogP contribution is -2.32. The lowest BCUT2D eigenvalue weighted by molar-refractivity contribution is -0.141. The van der Waals surface area contributed by atoms with Gasteiger partial charge < -0.3 is 4.74 Å². The number of ether oxygens (including phenoxy) is 1. The van der Waals surface area contributed by atoms with E-state index in [1.165, 1.54) is 17.2 Å². The summed E-state index contributed by atoms with van der Waals surface area (Å²) in [6.45, 7) is 3.95. The highest BCUT2D eigenvalue weighted by atomic mass is 35.5. The van der Waals surface area contributed by atoms with Crippen LogP contribution in [0.4, 0.5) is 0 Å². The van der Waals surface area contributed by atoms with Gasteiger partial charge in [-0.15, -0.1) is 0 Å². The number of aromatic nitrogens is 1. The quantitative estimate of drug-likeness (QED) is 0.567. The number of nitrogens with zero attached hydrogens (tertiary/aromatic N) is 2. The number of carbonyl (C=O) groups is 1. The molecule has 1 aromatic heterocycles. The second kappa shape index (κ2) is 9.04. The number of methoxy groups -OCH3 is 1. The molecule has 0 aliphatic rings. The summed E-state index contributed by atoms with van der Waals surface area (Å²) in [6.07, 6.45) is 0. The molecule has 0 bridgehead atoms. The van der Waals surface area contributed by atoms with Gasteiger partial charge in [0.25, 0.3) is 5.56 Å². The molecule has 0 atom stereocenters. The lowest BCUT2D eigenvalue weighted by Gasteiger charge is -2.21. The van der Waals surface area contributed by atoms with E-state index in [0.717, 1.165) is 18.5 Å². The Morgan fingerprint density at radius 3 is 2.54 bits per heavy atom. The number of hydrogen-bond donors (Lipinski definition) is 0. The van der Waals surface area contributed by atoms with Gasteiger partial charge in [-0.2, -0.15) is 0 Å². The molecule has 5 nitrogen and oxygen atoms in total. The number of rotatable bonds is 7. The molecule has 0 amide bonds. The minimum absolute atomic E-state index is 0.148. The van der Waals surface area contributed by atoms with Crippen molar-refractivity contribution in [2.45, 2.75) is 26.6 Å². The first-order valence-electron chi connectivity index (χ1n) is 9.17. The molecule has 0 aliphatic carbocycles. The second-order valence-corrected chi connectivity index (χ2v) is 7.07. The van der Waals surface area contributed by atoms with Crippen LogP contribution < -0.4 is 5.56 Å². The van der Waals surface area contributed by atoms with Crippen LogP contribution in [0.25, 0.3) is 10.9 Å². The summed E-state index contributed by atoms with van der Waals surface area (Å²) in [5, 5.41) is 1.37. The molecule has 0 radical (unpaired) electrons. The molecule has 0 aliphatic heterocycles. The van der Waals surface area contributed by atoms with E-state index in [9.17, 15) is 9.59 Å². The standard InChI is InChI=1S/C22H23ClN2O3/c1-3-24(13-16-7-5-4-6-8-16)14-18-11-17-9-10-19(23)12-20(17)25(22(18)27)15-21(26)28-2/h4-12H,3,13-15H2,1-2H3. The Balaban J connectivity index is 2.00. The summed E-state index contributed by atoms with van der Waals surface area (Å²) in [5.41, 5.74) is 2.24.